The highest BCUT2D eigenvalue weighted by atomic mass is 16.5. The van der Waals surface area contributed by atoms with Crippen LogP contribution < -0.4 is 9.64 Å². The SMILES string of the molecule is CC(=O)N1CCN(CCCCN2c3ccccc3Oc3ccccc32)CC1. The lowest BCUT2D eigenvalue weighted by Gasteiger charge is -2.35. The van der Waals surface area contributed by atoms with Crippen LogP contribution in [0.1, 0.15) is 19.8 Å². The van der Waals surface area contributed by atoms with Gasteiger partial charge >= 0.3 is 0 Å². The molecule has 0 saturated carbocycles. The van der Waals surface area contributed by atoms with Crippen molar-refractivity contribution in [3.8, 4) is 11.5 Å². The molecule has 2 aromatic rings. The first-order chi connectivity index (χ1) is 13.2. The first kappa shape index (κ1) is 17.9. The Kier molecular flexibility index (Phi) is 5.30. The molecule has 5 heteroatoms. The van der Waals surface area contributed by atoms with Crippen molar-refractivity contribution in [2.24, 2.45) is 0 Å². The van der Waals surface area contributed by atoms with Crippen LogP contribution in [0.3, 0.4) is 0 Å². The lowest BCUT2D eigenvalue weighted by molar-refractivity contribution is -0.130. The van der Waals surface area contributed by atoms with E-state index in [2.05, 4.69) is 34.1 Å². The zero-order valence-electron chi connectivity index (χ0n) is 15.9. The average Bonchev–Trinajstić information content (AvgIpc) is 2.70. The molecule has 27 heavy (non-hydrogen) atoms. The molecule has 2 aliphatic heterocycles. The van der Waals surface area contributed by atoms with Crippen LogP contribution in [0.5, 0.6) is 11.5 Å². The van der Waals surface area contributed by atoms with Crippen LogP contribution in [0.25, 0.3) is 0 Å². The molecule has 0 spiro atoms. The summed E-state index contributed by atoms with van der Waals surface area (Å²) in [6, 6.07) is 16.5. The Bertz CT molecular complexity index is 754. The smallest absolute Gasteiger partial charge is 0.219 e. The van der Waals surface area contributed by atoms with Gasteiger partial charge in [0, 0.05) is 39.6 Å². The number of ether oxygens (including phenoxy) is 1. The fourth-order valence-electron chi connectivity index (χ4n) is 3.91. The third kappa shape index (κ3) is 3.93. The molecule has 0 aliphatic carbocycles. The molecule has 0 bridgehead atoms. The van der Waals surface area contributed by atoms with Crippen molar-refractivity contribution in [1.29, 1.82) is 0 Å². The van der Waals surface area contributed by atoms with E-state index < -0.39 is 0 Å². The Hall–Kier alpha value is -2.53. The van der Waals surface area contributed by atoms with Gasteiger partial charge in [0.2, 0.25) is 5.91 Å². The topological polar surface area (TPSA) is 36.0 Å². The number of benzene rings is 2. The van der Waals surface area contributed by atoms with Gasteiger partial charge in [-0.1, -0.05) is 24.3 Å². The Morgan fingerprint density at radius 3 is 2.00 bits per heavy atom. The number of amides is 1. The summed E-state index contributed by atoms with van der Waals surface area (Å²) in [5, 5.41) is 0. The van der Waals surface area contributed by atoms with Crippen LogP contribution in [-0.4, -0.2) is 55.0 Å². The minimum atomic E-state index is 0.194. The summed E-state index contributed by atoms with van der Waals surface area (Å²) < 4.78 is 6.06. The highest BCUT2D eigenvalue weighted by Gasteiger charge is 2.23. The standard InChI is InChI=1S/C22H27N3O2/c1-18(26)24-16-14-23(15-17-24)12-6-7-13-25-19-8-2-4-10-21(19)27-22-11-5-3-9-20(22)25/h2-5,8-11H,6-7,12-17H2,1H3. The number of fused-ring (bicyclic) bond motifs is 2. The molecule has 2 aromatic carbocycles. The Balaban J connectivity index is 1.33. The maximum atomic E-state index is 11.4. The lowest BCUT2D eigenvalue weighted by Crippen LogP contribution is -2.48. The zero-order valence-corrected chi connectivity index (χ0v) is 15.9. The summed E-state index contributed by atoms with van der Waals surface area (Å²) in [5.41, 5.74) is 2.29. The predicted octanol–water partition coefficient (Wildman–Crippen LogP) is 3.87. The van der Waals surface area contributed by atoms with Gasteiger partial charge < -0.3 is 14.5 Å². The number of carbonyl (C=O) groups excluding carboxylic acids is 1. The van der Waals surface area contributed by atoms with Crippen molar-refractivity contribution in [3.05, 3.63) is 48.5 Å². The van der Waals surface area contributed by atoms with Crippen molar-refractivity contribution in [3.63, 3.8) is 0 Å². The highest BCUT2D eigenvalue weighted by Crippen LogP contribution is 2.46. The molecular formula is C22H27N3O2. The number of nitrogens with zero attached hydrogens (tertiary/aromatic N) is 3. The van der Waals surface area contributed by atoms with E-state index in [0.717, 1.165) is 75.0 Å². The molecule has 1 saturated heterocycles. The fourth-order valence-corrected chi connectivity index (χ4v) is 3.91. The predicted molar refractivity (Wildman–Crippen MR) is 108 cm³/mol. The van der Waals surface area contributed by atoms with Crippen LogP contribution in [0.2, 0.25) is 0 Å². The van der Waals surface area contributed by atoms with Gasteiger partial charge in [0.05, 0.1) is 11.4 Å². The first-order valence-electron chi connectivity index (χ1n) is 9.84. The first-order valence-corrected chi connectivity index (χ1v) is 9.84. The Morgan fingerprint density at radius 1 is 0.852 bits per heavy atom. The van der Waals surface area contributed by atoms with E-state index in [0.29, 0.717) is 0 Å². The molecule has 0 N–H and O–H groups in total. The molecule has 4 rings (SSSR count). The summed E-state index contributed by atoms with van der Waals surface area (Å²) in [7, 11) is 0. The number of rotatable bonds is 5. The number of para-hydroxylation sites is 4. The third-order valence-corrected chi connectivity index (χ3v) is 5.46. The lowest BCUT2D eigenvalue weighted by atomic mass is 10.1. The van der Waals surface area contributed by atoms with E-state index in [4.69, 9.17) is 4.74 Å². The molecule has 1 amide bonds. The summed E-state index contributed by atoms with van der Waals surface area (Å²) >= 11 is 0. The quantitative estimate of drug-likeness (QED) is 0.754. The minimum Gasteiger partial charge on any atom is -0.453 e. The number of hydrogen-bond donors (Lipinski definition) is 0. The van der Waals surface area contributed by atoms with Crippen molar-refractivity contribution >= 4 is 17.3 Å². The van der Waals surface area contributed by atoms with Gasteiger partial charge in [0.15, 0.2) is 11.5 Å². The van der Waals surface area contributed by atoms with Gasteiger partial charge in [0.1, 0.15) is 0 Å². The van der Waals surface area contributed by atoms with Crippen LogP contribution in [0.4, 0.5) is 11.4 Å². The number of hydrogen-bond acceptors (Lipinski definition) is 4. The monoisotopic (exact) mass is 365 g/mol. The van der Waals surface area contributed by atoms with Crippen LogP contribution >= 0.6 is 0 Å². The van der Waals surface area contributed by atoms with Crippen molar-refractivity contribution in [2.75, 3.05) is 44.2 Å². The van der Waals surface area contributed by atoms with Gasteiger partial charge in [-0.3, -0.25) is 9.69 Å². The number of piperazine rings is 1. The van der Waals surface area contributed by atoms with E-state index in [1.165, 1.54) is 0 Å². The second-order valence-corrected chi connectivity index (χ2v) is 7.24. The summed E-state index contributed by atoms with van der Waals surface area (Å²) in [6.45, 7) is 7.43. The second-order valence-electron chi connectivity index (χ2n) is 7.24. The van der Waals surface area contributed by atoms with Gasteiger partial charge in [-0.2, -0.15) is 0 Å². The van der Waals surface area contributed by atoms with Gasteiger partial charge in [0.25, 0.3) is 0 Å². The molecule has 5 nitrogen and oxygen atoms in total. The molecule has 0 atom stereocenters. The minimum absolute atomic E-state index is 0.194. The molecule has 0 aromatic heterocycles. The fraction of sp³-hybridized carbons (Fsp3) is 0.409. The van der Waals surface area contributed by atoms with Crippen LogP contribution in [0.15, 0.2) is 48.5 Å². The Labute approximate surface area is 161 Å². The van der Waals surface area contributed by atoms with E-state index in [1.54, 1.807) is 6.92 Å². The third-order valence-electron chi connectivity index (χ3n) is 5.46. The van der Waals surface area contributed by atoms with Crippen molar-refractivity contribution in [1.82, 2.24) is 9.80 Å². The molecular weight excluding hydrogens is 338 g/mol. The molecule has 1 fully saturated rings. The number of unbranched alkanes of at least 4 members (excludes halogenated alkanes) is 1. The van der Waals surface area contributed by atoms with E-state index in [-0.39, 0.29) is 5.91 Å². The maximum absolute atomic E-state index is 11.4. The molecule has 2 aliphatic rings. The number of anilines is 2. The molecule has 2 heterocycles. The average molecular weight is 365 g/mol. The van der Waals surface area contributed by atoms with E-state index in [1.807, 2.05) is 29.2 Å². The van der Waals surface area contributed by atoms with E-state index >= 15 is 0 Å². The summed E-state index contributed by atoms with van der Waals surface area (Å²) in [6.07, 6.45) is 2.28. The normalized spacial score (nSPS) is 16.5. The van der Waals surface area contributed by atoms with Gasteiger partial charge in [-0.25, -0.2) is 0 Å². The second kappa shape index (κ2) is 8.01. The largest absolute Gasteiger partial charge is 0.453 e. The molecule has 142 valence electrons. The van der Waals surface area contributed by atoms with Gasteiger partial charge in [-0.15, -0.1) is 0 Å². The summed E-state index contributed by atoms with van der Waals surface area (Å²) in [5.74, 6) is 2.05. The van der Waals surface area contributed by atoms with E-state index in [9.17, 15) is 4.79 Å². The maximum Gasteiger partial charge on any atom is 0.219 e. The van der Waals surface area contributed by atoms with Crippen molar-refractivity contribution < 1.29 is 9.53 Å². The molecule has 0 unspecified atom stereocenters. The molecule has 0 radical (unpaired) electrons. The van der Waals surface area contributed by atoms with Crippen LogP contribution in [0, 0.1) is 0 Å². The van der Waals surface area contributed by atoms with Crippen LogP contribution in [-0.2, 0) is 4.79 Å². The van der Waals surface area contributed by atoms with Crippen molar-refractivity contribution in [2.45, 2.75) is 19.8 Å². The number of carbonyl (C=O) groups is 1. The zero-order chi connectivity index (χ0) is 18.6. The Morgan fingerprint density at radius 2 is 1.41 bits per heavy atom. The highest BCUT2D eigenvalue weighted by molar-refractivity contribution is 5.77. The summed E-state index contributed by atoms with van der Waals surface area (Å²) in [4.78, 5) is 18.2. The van der Waals surface area contributed by atoms with Gasteiger partial charge in [-0.05, 0) is 43.7 Å².